The van der Waals surface area contributed by atoms with Crippen LogP contribution < -0.4 is 4.90 Å². The van der Waals surface area contributed by atoms with Crippen LogP contribution in [0, 0.1) is 0 Å². The molecule has 1 unspecified atom stereocenters. The minimum absolute atomic E-state index is 0.585. The van der Waals surface area contributed by atoms with Crippen LogP contribution in [0.3, 0.4) is 0 Å². The van der Waals surface area contributed by atoms with Crippen LogP contribution in [0.5, 0.6) is 0 Å². The number of pyridine rings is 1. The summed E-state index contributed by atoms with van der Waals surface area (Å²) >= 11 is 0. The van der Waals surface area contributed by atoms with Crippen LogP contribution in [0.15, 0.2) is 42.9 Å². The van der Waals surface area contributed by atoms with Gasteiger partial charge in [0.25, 0.3) is 0 Å². The fourth-order valence-corrected chi connectivity index (χ4v) is 3.62. The van der Waals surface area contributed by atoms with Gasteiger partial charge in [-0.2, -0.15) is 9.61 Å². The quantitative estimate of drug-likeness (QED) is 0.733. The minimum Gasteiger partial charge on any atom is -0.358 e. The molecule has 0 aliphatic carbocycles. The lowest BCUT2D eigenvalue weighted by atomic mass is 10.0. The monoisotopic (exact) mass is 336 g/mol. The van der Waals surface area contributed by atoms with E-state index < -0.39 is 0 Å². The van der Waals surface area contributed by atoms with Gasteiger partial charge in [-0.05, 0) is 38.6 Å². The van der Waals surface area contributed by atoms with E-state index in [9.17, 15) is 0 Å². The van der Waals surface area contributed by atoms with Gasteiger partial charge in [0.05, 0.1) is 11.9 Å². The van der Waals surface area contributed by atoms with E-state index in [1.807, 2.05) is 28.9 Å². The highest BCUT2D eigenvalue weighted by Gasteiger charge is 2.22. The summed E-state index contributed by atoms with van der Waals surface area (Å²) < 4.78 is 1.92. The fourth-order valence-electron chi connectivity index (χ4n) is 3.62. The van der Waals surface area contributed by atoms with Crippen molar-refractivity contribution in [1.82, 2.24) is 24.5 Å². The Kier molecular flexibility index (Phi) is 4.36. The lowest BCUT2D eigenvalue weighted by Crippen LogP contribution is -2.44. The van der Waals surface area contributed by atoms with Crippen molar-refractivity contribution in [3.63, 3.8) is 0 Å². The van der Waals surface area contributed by atoms with Crippen LogP contribution in [0.25, 0.3) is 16.9 Å². The molecule has 0 amide bonds. The Bertz CT molecular complexity index is 844. The van der Waals surface area contributed by atoms with E-state index in [1.165, 1.54) is 25.8 Å². The van der Waals surface area contributed by atoms with Crippen molar-refractivity contribution < 1.29 is 0 Å². The third-order valence-corrected chi connectivity index (χ3v) is 5.11. The number of piperidine rings is 1. The molecular weight excluding hydrogens is 312 g/mol. The Labute approximate surface area is 148 Å². The Morgan fingerprint density at radius 3 is 2.80 bits per heavy atom. The first-order valence-electron chi connectivity index (χ1n) is 8.89. The minimum atomic E-state index is 0.585. The predicted molar refractivity (Wildman–Crippen MR) is 99.8 cm³/mol. The number of likely N-dealkylation sites (N-methyl/N-ethyl adjacent to an activating group) is 2. The van der Waals surface area contributed by atoms with E-state index in [4.69, 9.17) is 4.98 Å². The van der Waals surface area contributed by atoms with E-state index in [1.54, 1.807) is 12.4 Å². The first-order chi connectivity index (χ1) is 12.2. The third kappa shape index (κ3) is 3.22. The van der Waals surface area contributed by atoms with Gasteiger partial charge < -0.3 is 9.80 Å². The van der Waals surface area contributed by atoms with Gasteiger partial charge in [0.2, 0.25) is 0 Å². The van der Waals surface area contributed by atoms with Crippen LogP contribution in [-0.2, 0) is 0 Å². The molecule has 1 fully saturated rings. The van der Waals surface area contributed by atoms with E-state index in [2.05, 4.69) is 40.0 Å². The first-order valence-corrected chi connectivity index (χ1v) is 8.89. The lowest BCUT2D eigenvalue weighted by Gasteiger charge is -2.35. The molecule has 3 aromatic rings. The third-order valence-electron chi connectivity index (χ3n) is 5.11. The molecule has 0 N–H and O–H groups in total. The number of rotatable bonds is 4. The van der Waals surface area contributed by atoms with Gasteiger partial charge in [-0.1, -0.05) is 6.42 Å². The van der Waals surface area contributed by atoms with Gasteiger partial charge in [0, 0.05) is 49.7 Å². The van der Waals surface area contributed by atoms with Crippen LogP contribution >= 0.6 is 0 Å². The molecule has 1 saturated heterocycles. The Morgan fingerprint density at radius 1 is 1.16 bits per heavy atom. The molecule has 1 atom stereocenters. The molecule has 25 heavy (non-hydrogen) atoms. The maximum atomic E-state index is 4.75. The van der Waals surface area contributed by atoms with E-state index in [0.717, 1.165) is 29.3 Å². The van der Waals surface area contributed by atoms with Crippen molar-refractivity contribution in [1.29, 1.82) is 0 Å². The SMILES string of the molecule is CN(CC1CCCCN1C)c1cc(-c2ccncc2)nc2ccnn12. The molecule has 0 bridgehead atoms. The summed E-state index contributed by atoms with van der Waals surface area (Å²) in [4.78, 5) is 13.6. The van der Waals surface area contributed by atoms with Crippen molar-refractivity contribution in [2.45, 2.75) is 25.3 Å². The Morgan fingerprint density at radius 2 is 2.00 bits per heavy atom. The average Bonchev–Trinajstić information content (AvgIpc) is 3.12. The van der Waals surface area contributed by atoms with Gasteiger partial charge in [0.15, 0.2) is 5.65 Å². The number of nitrogens with zero attached hydrogens (tertiary/aromatic N) is 6. The molecule has 4 heterocycles. The maximum Gasteiger partial charge on any atom is 0.157 e. The summed E-state index contributed by atoms with van der Waals surface area (Å²) in [5.41, 5.74) is 2.89. The lowest BCUT2D eigenvalue weighted by molar-refractivity contribution is 0.189. The normalized spacial score (nSPS) is 18.6. The molecule has 3 aromatic heterocycles. The summed E-state index contributed by atoms with van der Waals surface area (Å²) in [5, 5.41) is 4.47. The summed E-state index contributed by atoms with van der Waals surface area (Å²) in [6.07, 6.45) is 9.30. The molecular formula is C19H24N6. The summed E-state index contributed by atoms with van der Waals surface area (Å²) in [6, 6.07) is 8.65. The van der Waals surface area contributed by atoms with Crippen LogP contribution in [0.2, 0.25) is 0 Å². The highest BCUT2D eigenvalue weighted by molar-refractivity contribution is 5.66. The van der Waals surface area contributed by atoms with Crippen LogP contribution in [0.4, 0.5) is 5.82 Å². The molecule has 0 radical (unpaired) electrons. The average molecular weight is 336 g/mol. The van der Waals surface area contributed by atoms with Gasteiger partial charge in [0.1, 0.15) is 5.82 Å². The number of anilines is 1. The second-order valence-corrected chi connectivity index (χ2v) is 6.85. The molecule has 6 nitrogen and oxygen atoms in total. The zero-order valence-corrected chi connectivity index (χ0v) is 14.8. The number of hydrogen-bond acceptors (Lipinski definition) is 5. The Hall–Kier alpha value is -2.47. The fraction of sp³-hybridized carbons (Fsp3) is 0.421. The molecule has 6 heteroatoms. The maximum absolute atomic E-state index is 4.75. The summed E-state index contributed by atoms with van der Waals surface area (Å²) in [5.74, 6) is 1.07. The molecule has 130 valence electrons. The smallest absolute Gasteiger partial charge is 0.157 e. The van der Waals surface area contributed by atoms with E-state index in [-0.39, 0.29) is 0 Å². The van der Waals surface area contributed by atoms with Gasteiger partial charge in [-0.15, -0.1) is 0 Å². The second kappa shape index (κ2) is 6.80. The highest BCUT2D eigenvalue weighted by Crippen LogP contribution is 2.25. The van der Waals surface area contributed by atoms with E-state index in [0.29, 0.717) is 6.04 Å². The second-order valence-electron chi connectivity index (χ2n) is 6.85. The van der Waals surface area contributed by atoms with Crippen molar-refractivity contribution in [3.05, 3.63) is 42.9 Å². The number of likely N-dealkylation sites (tertiary alicyclic amines) is 1. The molecule has 0 spiro atoms. The standard InChI is InChI=1S/C19H24N6/c1-23-12-4-3-5-16(23)14-24(2)19-13-17(15-6-9-20-10-7-15)22-18-8-11-21-25(18)19/h6-11,13,16H,3-5,12,14H2,1-2H3. The molecule has 0 saturated carbocycles. The zero-order chi connectivity index (χ0) is 17.2. The zero-order valence-electron chi connectivity index (χ0n) is 14.8. The van der Waals surface area contributed by atoms with Crippen LogP contribution in [0.1, 0.15) is 19.3 Å². The largest absolute Gasteiger partial charge is 0.358 e. The van der Waals surface area contributed by atoms with E-state index >= 15 is 0 Å². The van der Waals surface area contributed by atoms with Gasteiger partial charge >= 0.3 is 0 Å². The molecule has 0 aromatic carbocycles. The molecule has 1 aliphatic heterocycles. The van der Waals surface area contributed by atoms with Crippen molar-refractivity contribution in [3.8, 4) is 11.3 Å². The Balaban J connectivity index is 1.69. The first kappa shape index (κ1) is 16.0. The van der Waals surface area contributed by atoms with Crippen molar-refractivity contribution in [2.24, 2.45) is 0 Å². The van der Waals surface area contributed by atoms with Gasteiger partial charge in [-0.25, -0.2) is 4.98 Å². The van der Waals surface area contributed by atoms with Crippen molar-refractivity contribution >= 4 is 11.5 Å². The van der Waals surface area contributed by atoms with Crippen LogP contribution in [-0.4, -0.2) is 57.7 Å². The predicted octanol–water partition coefficient (Wildman–Crippen LogP) is 2.71. The van der Waals surface area contributed by atoms with Crippen molar-refractivity contribution in [2.75, 3.05) is 32.1 Å². The summed E-state index contributed by atoms with van der Waals surface area (Å²) in [6.45, 7) is 2.18. The highest BCUT2D eigenvalue weighted by atomic mass is 15.3. The molecule has 4 rings (SSSR count). The number of aromatic nitrogens is 4. The number of fused-ring (bicyclic) bond motifs is 1. The van der Waals surface area contributed by atoms with Gasteiger partial charge in [-0.3, -0.25) is 4.98 Å². The summed E-state index contributed by atoms with van der Waals surface area (Å²) in [7, 11) is 4.38. The molecule has 1 aliphatic rings. The number of hydrogen-bond donors (Lipinski definition) is 0. The topological polar surface area (TPSA) is 49.6 Å².